The first kappa shape index (κ1) is 11.5. The number of hydrogen-bond acceptors (Lipinski definition) is 2. The maximum absolute atomic E-state index is 13.4. The highest BCUT2D eigenvalue weighted by molar-refractivity contribution is 6.32. The second-order valence-electron chi connectivity index (χ2n) is 3.21. The Hall–Kier alpha value is -1.53. The fourth-order valence-electron chi connectivity index (χ4n) is 1.16. The molecule has 1 aromatic carbocycles. The van der Waals surface area contributed by atoms with Crippen LogP contribution in [0.5, 0.6) is 0 Å². The van der Waals surface area contributed by atoms with Gasteiger partial charge in [0.15, 0.2) is 0 Å². The summed E-state index contributed by atoms with van der Waals surface area (Å²) in [5.41, 5.74) is 0.360. The summed E-state index contributed by atoms with van der Waals surface area (Å²) in [6.07, 6.45) is 1.53. The molecule has 0 saturated heterocycles. The summed E-state index contributed by atoms with van der Waals surface area (Å²) in [4.78, 5) is 1.67. The summed E-state index contributed by atoms with van der Waals surface area (Å²) in [7, 11) is 3.51. The Morgan fingerprint density at radius 3 is 2.67 bits per heavy atom. The van der Waals surface area contributed by atoms with Gasteiger partial charge in [0.25, 0.3) is 0 Å². The molecule has 0 saturated carbocycles. The molecule has 0 heterocycles. The van der Waals surface area contributed by atoms with Crippen molar-refractivity contribution >= 4 is 17.2 Å². The van der Waals surface area contributed by atoms with Gasteiger partial charge in [0, 0.05) is 25.9 Å². The Labute approximate surface area is 93.2 Å². The molecular weight excluding hydrogens is 215 g/mol. The molecule has 0 spiro atoms. The number of nitrogens with zero attached hydrogens (tertiary/aromatic N) is 2. The largest absolute Gasteiger partial charge is 0.382 e. The van der Waals surface area contributed by atoms with Gasteiger partial charge in [0.2, 0.25) is 0 Å². The Bertz CT molecular complexity index is 412. The average Bonchev–Trinajstić information content (AvgIpc) is 2.15. The number of hydrogen-bond donors (Lipinski definition) is 0. The second-order valence-corrected chi connectivity index (χ2v) is 3.62. The summed E-state index contributed by atoms with van der Waals surface area (Å²) in [6.45, 7) is 0. The molecule has 0 aliphatic heterocycles. The van der Waals surface area contributed by atoms with Gasteiger partial charge >= 0.3 is 0 Å². The molecule has 2 nitrogen and oxygen atoms in total. The Balaban J connectivity index is 3.32. The number of nitriles is 1. The van der Waals surface area contributed by atoms with Crippen LogP contribution in [0.4, 0.5) is 4.39 Å². The van der Waals surface area contributed by atoms with Gasteiger partial charge in [-0.1, -0.05) is 17.7 Å². The van der Waals surface area contributed by atoms with Crippen LogP contribution < -0.4 is 0 Å². The van der Waals surface area contributed by atoms with E-state index in [1.165, 1.54) is 18.3 Å². The predicted octanol–water partition coefficient (Wildman–Crippen LogP) is 2.91. The molecule has 78 valence electrons. The summed E-state index contributed by atoms with van der Waals surface area (Å²) < 4.78 is 13.4. The van der Waals surface area contributed by atoms with Crippen molar-refractivity contribution in [1.29, 1.82) is 5.26 Å². The Morgan fingerprint density at radius 2 is 2.20 bits per heavy atom. The molecule has 0 amide bonds. The highest BCUT2D eigenvalue weighted by Crippen LogP contribution is 2.26. The van der Waals surface area contributed by atoms with Gasteiger partial charge in [-0.05, 0) is 12.1 Å². The van der Waals surface area contributed by atoms with Gasteiger partial charge in [-0.25, -0.2) is 4.39 Å². The van der Waals surface area contributed by atoms with Crippen LogP contribution in [-0.2, 0) is 0 Å². The van der Waals surface area contributed by atoms with Gasteiger partial charge in [0.05, 0.1) is 10.6 Å². The van der Waals surface area contributed by atoms with E-state index in [1.54, 1.807) is 25.1 Å². The van der Waals surface area contributed by atoms with Crippen LogP contribution in [0.1, 0.15) is 5.56 Å². The van der Waals surface area contributed by atoms with Gasteiger partial charge in [0.1, 0.15) is 11.9 Å². The second kappa shape index (κ2) is 4.81. The van der Waals surface area contributed by atoms with E-state index >= 15 is 0 Å². The molecule has 0 radical (unpaired) electrons. The minimum absolute atomic E-state index is 0.148. The van der Waals surface area contributed by atoms with E-state index in [-0.39, 0.29) is 16.2 Å². The van der Waals surface area contributed by atoms with Crippen LogP contribution in [0, 0.1) is 17.1 Å². The van der Waals surface area contributed by atoms with E-state index in [1.807, 2.05) is 6.07 Å². The zero-order valence-corrected chi connectivity index (χ0v) is 9.22. The van der Waals surface area contributed by atoms with E-state index in [0.717, 1.165) is 0 Å². The summed E-state index contributed by atoms with van der Waals surface area (Å²) in [5.74, 6) is -0.489. The van der Waals surface area contributed by atoms with E-state index in [9.17, 15) is 4.39 Å². The van der Waals surface area contributed by atoms with E-state index in [0.29, 0.717) is 0 Å². The minimum atomic E-state index is -0.489. The quantitative estimate of drug-likeness (QED) is 0.723. The highest BCUT2D eigenvalue weighted by atomic mass is 35.5. The van der Waals surface area contributed by atoms with Crippen LogP contribution in [0.25, 0.3) is 5.57 Å². The molecule has 0 unspecified atom stereocenters. The zero-order valence-electron chi connectivity index (χ0n) is 8.46. The first-order valence-corrected chi connectivity index (χ1v) is 4.66. The topological polar surface area (TPSA) is 27.0 Å². The van der Waals surface area contributed by atoms with Gasteiger partial charge in [-0.2, -0.15) is 5.26 Å². The molecule has 0 aliphatic rings. The minimum Gasteiger partial charge on any atom is -0.382 e. The van der Waals surface area contributed by atoms with Gasteiger partial charge in [-0.3, -0.25) is 0 Å². The number of rotatable bonds is 2. The first-order valence-electron chi connectivity index (χ1n) is 4.29. The molecule has 4 heteroatoms. The lowest BCUT2D eigenvalue weighted by Crippen LogP contribution is -2.03. The first-order chi connectivity index (χ1) is 7.06. The fraction of sp³-hybridized carbons (Fsp3) is 0.182. The van der Waals surface area contributed by atoms with Crippen molar-refractivity contribution in [3.63, 3.8) is 0 Å². The monoisotopic (exact) mass is 224 g/mol. The van der Waals surface area contributed by atoms with E-state index in [4.69, 9.17) is 16.9 Å². The van der Waals surface area contributed by atoms with Crippen LogP contribution in [0.3, 0.4) is 0 Å². The zero-order chi connectivity index (χ0) is 11.4. The fourth-order valence-corrected chi connectivity index (χ4v) is 1.43. The van der Waals surface area contributed by atoms with Crippen LogP contribution in [0.15, 0.2) is 24.4 Å². The van der Waals surface area contributed by atoms with E-state index in [2.05, 4.69) is 0 Å². The standard InChI is InChI=1S/C11H10ClFN2/c1-15(2)7-8(6-14)11-9(12)4-3-5-10(11)13/h3-5,7H,1-2H3/b8-7+. The van der Waals surface area contributed by atoms with Crippen LogP contribution >= 0.6 is 11.6 Å². The third kappa shape index (κ3) is 2.71. The summed E-state index contributed by atoms with van der Waals surface area (Å²) in [6, 6.07) is 6.27. The molecular formula is C11H10ClFN2. The van der Waals surface area contributed by atoms with Crippen molar-refractivity contribution in [3.8, 4) is 6.07 Å². The molecule has 0 aliphatic carbocycles. The molecule has 1 aromatic rings. The van der Waals surface area contributed by atoms with Crippen molar-refractivity contribution in [2.24, 2.45) is 0 Å². The third-order valence-corrected chi connectivity index (χ3v) is 2.05. The average molecular weight is 225 g/mol. The van der Waals surface area contributed by atoms with Crippen molar-refractivity contribution in [3.05, 3.63) is 40.8 Å². The van der Waals surface area contributed by atoms with Crippen LogP contribution in [-0.4, -0.2) is 19.0 Å². The number of allylic oxidation sites excluding steroid dienone is 1. The van der Waals surface area contributed by atoms with Crippen molar-refractivity contribution in [2.45, 2.75) is 0 Å². The smallest absolute Gasteiger partial charge is 0.133 e. The maximum atomic E-state index is 13.4. The lowest BCUT2D eigenvalue weighted by Gasteiger charge is -2.08. The normalized spacial score (nSPS) is 11.0. The van der Waals surface area contributed by atoms with Gasteiger partial charge < -0.3 is 4.90 Å². The van der Waals surface area contributed by atoms with Crippen molar-refractivity contribution < 1.29 is 4.39 Å². The summed E-state index contributed by atoms with van der Waals surface area (Å²) >= 11 is 5.84. The molecule has 15 heavy (non-hydrogen) atoms. The molecule has 0 N–H and O–H groups in total. The predicted molar refractivity (Wildman–Crippen MR) is 58.7 cm³/mol. The lowest BCUT2D eigenvalue weighted by molar-refractivity contribution is 0.565. The highest BCUT2D eigenvalue weighted by Gasteiger charge is 2.11. The molecule has 0 atom stereocenters. The lowest BCUT2D eigenvalue weighted by atomic mass is 10.1. The number of benzene rings is 1. The molecule has 0 aromatic heterocycles. The molecule has 0 bridgehead atoms. The Morgan fingerprint density at radius 1 is 1.53 bits per heavy atom. The Kier molecular flexibility index (Phi) is 3.70. The van der Waals surface area contributed by atoms with Crippen molar-refractivity contribution in [2.75, 3.05) is 14.1 Å². The molecule has 1 rings (SSSR count). The maximum Gasteiger partial charge on any atom is 0.133 e. The van der Waals surface area contributed by atoms with E-state index < -0.39 is 5.82 Å². The SMILES string of the molecule is CN(C)/C=C(\C#N)c1c(F)cccc1Cl. The van der Waals surface area contributed by atoms with Crippen molar-refractivity contribution in [1.82, 2.24) is 4.90 Å². The molecule has 0 fully saturated rings. The third-order valence-electron chi connectivity index (χ3n) is 1.74. The van der Waals surface area contributed by atoms with Crippen LogP contribution in [0.2, 0.25) is 5.02 Å². The number of halogens is 2. The summed E-state index contributed by atoms with van der Waals surface area (Å²) in [5, 5.41) is 9.15. The van der Waals surface area contributed by atoms with Gasteiger partial charge in [-0.15, -0.1) is 0 Å².